The van der Waals surface area contributed by atoms with E-state index in [4.69, 9.17) is 0 Å². The molecule has 0 unspecified atom stereocenters. The Hall–Kier alpha value is -1.70. The molecule has 0 N–H and O–H groups in total. The van der Waals surface area contributed by atoms with Crippen LogP contribution in [0.5, 0.6) is 0 Å². The number of nitrogens with zero attached hydrogens (tertiary/aromatic N) is 2. The molecule has 0 radical (unpaired) electrons. The van der Waals surface area contributed by atoms with Gasteiger partial charge in [0.1, 0.15) is 18.0 Å². The van der Waals surface area contributed by atoms with Crippen LogP contribution in [0.2, 0.25) is 0 Å². The van der Waals surface area contributed by atoms with Crippen molar-refractivity contribution in [1.82, 2.24) is 0 Å². The van der Waals surface area contributed by atoms with Crippen molar-refractivity contribution < 1.29 is 18.8 Å². The third-order valence-corrected chi connectivity index (χ3v) is 3.09. The summed E-state index contributed by atoms with van der Waals surface area (Å²) in [5.41, 5.74) is -0.238. The number of benzene rings is 1. The van der Waals surface area contributed by atoms with E-state index in [2.05, 4.69) is 20.7 Å². The summed E-state index contributed by atoms with van der Waals surface area (Å²) in [7, 11) is 1.22. The third kappa shape index (κ3) is 3.63. The van der Waals surface area contributed by atoms with E-state index in [-0.39, 0.29) is 22.4 Å². The first-order valence-corrected chi connectivity index (χ1v) is 6.15. The summed E-state index contributed by atoms with van der Waals surface area (Å²) >= 11 is 2.89. The summed E-state index contributed by atoms with van der Waals surface area (Å²) in [6.45, 7) is 1.82. The fraction of sp³-hybridized carbons (Fsp3) is 0.364. The van der Waals surface area contributed by atoms with Gasteiger partial charge in [-0.2, -0.15) is 0 Å². The zero-order chi connectivity index (χ0) is 14.6. The van der Waals surface area contributed by atoms with Crippen molar-refractivity contribution >= 4 is 33.3 Å². The number of likely N-dealkylation sites (N-methyl/N-ethyl adjacent to an activating group) is 1. The normalized spacial score (nSPS) is 10.1. The molecule has 1 aromatic rings. The van der Waals surface area contributed by atoms with Crippen molar-refractivity contribution in [2.45, 2.75) is 6.92 Å². The van der Waals surface area contributed by atoms with Gasteiger partial charge in [0.2, 0.25) is 0 Å². The van der Waals surface area contributed by atoms with E-state index < -0.39 is 16.7 Å². The minimum absolute atomic E-state index is 0.00271. The van der Waals surface area contributed by atoms with Gasteiger partial charge in [0.05, 0.1) is 16.5 Å². The van der Waals surface area contributed by atoms with E-state index in [1.807, 2.05) is 0 Å². The number of esters is 1. The first kappa shape index (κ1) is 15.4. The highest BCUT2D eigenvalue weighted by Gasteiger charge is 2.23. The summed E-state index contributed by atoms with van der Waals surface area (Å²) in [6, 6.07) is 2.10. The lowest BCUT2D eigenvalue weighted by molar-refractivity contribution is -0.384. The molecule has 19 heavy (non-hydrogen) atoms. The van der Waals surface area contributed by atoms with Gasteiger partial charge < -0.3 is 9.64 Å². The number of carbonyl (C=O) groups excluding carboxylic acids is 1. The Morgan fingerprint density at radius 2 is 2.21 bits per heavy atom. The molecule has 0 aliphatic carbocycles. The minimum Gasteiger partial charge on any atom is -0.468 e. The number of methoxy groups -OCH3 is 1. The quantitative estimate of drug-likeness (QED) is 0.470. The van der Waals surface area contributed by atoms with E-state index in [9.17, 15) is 19.3 Å². The molecular weight excluding hydrogens is 323 g/mol. The van der Waals surface area contributed by atoms with Gasteiger partial charge in [0.25, 0.3) is 5.69 Å². The fourth-order valence-corrected chi connectivity index (χ4v) is 1.84. The van der Waals surface area contributed by atoms with Crippen LogP contribution in [0.15, 0.2) is 16.6 Å². The first-order valence-electron chi connectivity index (χ1n) is 5.35. The molecule has 0 saturated carbocycles. The number of halogens is 2. The van der Waals surface area contributed by atoms with Crippen LogP contribution >= 0.6 is 15.9 Å². The van der Waals surface area contributed by atoms with Gasteiger partial charge in [0.15, 0.2) is 0 Å². The van der Waals surface area contributed by atoms with Crippen LogP contribution in [0, 0.1) is 15.9 Å². The molecule has 0 saturated heterocycles. The number of nitro benzene ring substituents is 1. The Kier molecular flexibility index (Phi) is 5.22. The van der Waals surface area contributed by atoms with Crippen molar-refractivity contribution in [3.05, 3.63) is 32.5 Å². The van der Waals surface area contributed by atoms with Gasteiger partial charge in [-0.25, -0.2) is 4.39 Å². The summed E-state index contributed by atoms with van der Waals surface area (Å²) in [6.07, 6.45) is 0. The predicted molar refractivity (Wildman–Crippen MR) is 70.7 cm³/mol. The van der Waals surface area contributed by atoms with Gasteiger partial charge in [-0.1, -0.05) is 0 Å². The number of ether oxygens (including phenoxy) is 1. The minimum atomic E-state index is -0.635. The van der Waals surface area contributed by atoms with Crippen LogP contribution in [0.3, 0.4) is 0 Å². The maximum absolute atomic E-state index is 13.5. The third-order valence-electron chi connectivity index (χ3n) is 2.48. The lowest BCUT2D eigenvalue weighted by Crippen LogP contribution is -2.30. The van der Waals surface area contributed by atoms with Crippen LogP contribution in [0.25, 0.3) is 0 Å². The molecule has 0 bridgehead atoms. The molecule has 1 aromatic carbocycles. The molecule has 0 aromatic heterocycles. The molecule has 0 spiro atoms. The summed E-state index contributed by atoms with van der Waals surface area (Å²) in [4.78, 5) is 23.0. The predicted octanol–water partition coefficient (Wildman–Crippen LogP) is 2.50. The van der Waals surface area contributed by atoms with E-state index in [0.29, 0.717) is 6.54 Å². The highest BCUT2D eigenvalue weighted by Crippen LogP contribution is 2.33. The van der Waals surface area contributed by atoms with E-state index in [1.165, 1.54) is 12.0 Å². The summed E-state index contributed by atoms with van der Waals surface area (Å²) in [5.74, 6) is -1.19. The number of hydrogen-bond donors (Lipinski definition) is 0. The maximum Gasteiger partial charge on any atom is 0.325 e. The molecule has 1 rings (SSSR count). The number of rotatable bonds is 5. The topological polar surface area (TPSA) is 72.7 Å². The lowest BCUT2D eigenvalue weighted by atomic mass is 10.2. The van der Waals surface area contributed by atoms with Crippen molar-refractivity contribution in [3.63, 3.8) is 0 Å². The zero-order valence-corrected chi connectivity index (χ0v) is 11.9. The summed E-state index contributed by atoms with van der Waals surface area (Å²) < 4.78 is 18.0. The lowest BCUT2D eigenvalue weighted by Gasteiger charge is -2.21. The fourth-order valence-electron chi connectivity index (χ4n) is 1.51. The molecule has 0 heterocycles. The van der Waals surface area contributed by atoms with Gasteiger partial charge in [-0.05, 0) is 22.9 Å². The number of anilines is 1. The average Bonchev–Trinajstić information content (AvgIpc) is 2.38. The van der Waals surface area contributed by atoms with Crippen molar-refractivity contribution in [1.29, 1.82) is 0 Å². The van der Waals surface area contributed by atoms with Crippen LogP contribution in [0.1, 0.15) is 6.92 Å². The molecule has 0 amide bonds. The Morgan fingerprint density at radius 1 is 1.58 bits per heavy atom. The highest BCUT2D eigenvalue weighted by atomic mass is 79.9. The molecule has 0 atom stereocenters. The second-order valence-corrected chi connectivity index (χ2v) is 4.46. The van der Waals surface area contributed by atoms with Crippen molar-refractivity contribution in [3.8, 4) is 0 Å². The molecule has 0 aliphatic heterocycles. The maximum atomic E-state index is 13.5. The zero-order valence-electron chi connectivity index (χ0n) is 10.4. The van der Waals surface area contributed by atoms with Crippen LogP contribution in [-0.4, -0.2) is 31.1 Å². The van der Waals surface area contributed by atoms with E-state index >= 15 is 0 Å². The molecule has 104 valence electrons. The Labute approximate surface area is 117 Å². The van der Waals surface area contributed by atoms with Crippen LogP contribution in [0.4, 0.5) is 15.8 Å². The monoisotopic (exact) mass is 334 g/mol. The van der Waals surface area contributed by atoms with Gasteiger partial charge in [-0.3, -0.25) is 14.9 Å². The van der Waals surface area contributed by atoms with Gasteiger partial charge in [-0.15, -0.1) is 0 Å². The smallest absolute Gasteiger partial charge is 0.325 e. The number of hydrogen-bond acceptors (Lipinski definition) is 5. The molecule has 0 fully saturated rings. The van der Waals surface area contributed by atoms with Gasteiger partial charge >= 0.3 is 5.97 Å². The molecule has 8 heteroatoms. The van der Waals surface area contributed by atoms with Gasteiger partial charge in [0, 0.05) is 18.7 Å². The molecule has 0 aliphatic rings. The standard InChI is InChI=1S/C11H12BrFN2O4/c1-3-14(6-11(16)19-2)9-5-8(13)7(12)4-10(9)15(17)18/h4-5H,3,6H2,1-2H3. The van der Waals surface area contributed by atoms with Crippen LogP contribution < -0.4 is 4.90 Å². The average molecular weight is 335 g/mol. The molecular formula is C11H12BrFN2O4. The van der Waals surface area contributed by atoms with Crippen molar-refractivity contribution in [2.75, 3.05) is 25.1 Å². The first-order chi connectivity index (χ1) is 8.90. The van der Waals surface area contributed by atoms with Crippen LogP contribution in [-0.2, 0) is 9.53 Å². The van der Waals surface area contributed by atoms with E-state index in [1.54, 1.807) is 6.92 Å². The van der Waals surface area contributed by atoms with E-state index in [0.717, 1.165) is 12.1 Å². The highest BCUT2D eigenvalue weighted by molar-refractivity contribution is 9.10. The Balaban J connectivity index is 3.25. The van der Waals surface area contributed by atoms with Crippen molar-refractivity contribution in [2.24, 2.45) is 0 Å². The Bertz CT molecular complexity index is 510. The second kappa shape index (κ2) is 6.46. The number of nitro groups is 1. The SMILES string of the molecule is CCN(CC(=O)OC)c1cc(F)c(Br)cc1[N+](=O)[O-]. The second-order valence-electron chi connectivity index (χ2n) is 3.60. The molecule has 6 nitrogen and oxygen atoms in total. The largest absolute Gasteiger partial charge is 0.468 e. The Morgan fingerprint density at radius 3 is 2.68 bits per heavy atom. The summed E-state index contributed by atoms with van der Waals surface area (Å²) in [5, 5.41) is 11.0. The number of carbonyl (C=O) groups is 1.